The van der Waals surface area contributed by atoms with Gasteiger partial charge in [-0.3, -0.25) is 9.59 Å². The first kappa shape index (κ1) is 28.8. The summed E-state index contributed by atoms with van der Waals surface area (Å²) in [5.41, 5.74) is 5.53. The highest BCUT2D eigenvalue weighted by atomic mass is 32.1. The SMILES string of the molecule is CCCN(CC(=O)N1CCc2sccc2[C@@H]1c1ccc(C(C)(C)C)cc1)C(=O)C(c1ccccc1)c1ccccc1. The van der Waals surface area contributed by atoms with Crippen LogP contribution in [0.3, 0.4) is 0 Å². The first-order valence-electron chi connectivity index (χ1n) is 14.6. The highest BCUT2D eigenvalue weighted by molar-refractivity contribution is 7.10. The van der Waals surface area contributed by atoms with E-state index in [2.05, 4.69) is 63.4 Å². The molecule has 4 nitrogen and oxygen atoms in total. The van der Waals surface area contributed by atoms with Gasteiger partial charge in [0.05, 0.1) is 18.5 Å². The van der Waals surface area contributed by atoms with Gasteiger partial charge in [0.1, 0.15) is 0 Å². The smallest absolute Gasteiger partial charge is 0.242 e. The summed E-state index contributed by atoms with van der Waals surface area (Å²) in [7, 11) is 0. The number of fused-ring (bicyclic) bond motifs is 1. The van der Waals surface area contributed by atoms with E-state index in [0.717, 1.165) is 29.5 Å². The number of nitrogens with zero attached hydrogens (tertiary/aromatic N) is 2. The van der Waals surface area contributed by atoms with Crippen LogP contribution in [0.15, 0.2) is 96.4 Å². The number of carbonyl (C=O) groups excluding carboxylic acids is 2. The lowest BCUT2D eigenvalue weighted by Gasteiger charge is -2.38. The zero-order valence-electron chi connectivity index (χ0n) is 24.5. The topological polar surface area (TPSA) is 40.6 Å². The van der Waals surface area contributed by atoms with Crippen LogP contribution < -0.4 is 0 Å². The van der Waals surface area contributed by atoms with Crippen LogP contribution in [0.25, 0.3) is 0 Å². The van der Waals surface area contributed by atoms with Crippen LogP contribution in [0.5, 0.6) is 0 Å². The molecule has 41 heavy (non-hydrogen) atoms. The summed E-state index contributed by atoms with van der Waals surface area (Å²) in [5, 5.41) is 2.13. The Morgan fingerprint density at radius 1 is 0.902 bits per heavy atom. The monoisotopic (exact) mass is 564 g/mol. The average molecular weight is 565 g/mol. The van der Waals surface area contributed by atoms with Gasteiger partial charge in [-0.1, -0.05) is 113 Å². The Morgan fingerprint density at radius 3 is 2.07 bits per heavy atom. The molecule has 5 rings (SSSR count). The van der Waals surface area contributed by atoms with E-state index in [9.17, 15) is 9.59 Å². The molecule has 5 heteroatoms. The number of rotatable bonds is 8. The van der Waals surface area contributed by atoms with Gasteiger partial charge in [-0.2, -0.15) is 0 Å². The van der Waals surface area contributed by atoms with Crippen molar-refractivity contribution < 1.29 is 9.59 Å². The van der Waals surface area contributed by atoms with Crippen molar-refractivity contribution in [3.05, 3.63) is 129 Å². The van der Waals surface area contributed by atoms with E-state index in [1.165, 1.54) is 16.0 Å². The van der Waals surface area contributed by atoms with Gasteiger partial charge in [-0.15, -0.1) is 11.3 Å². The summed E-state index contributed by atoms with van der Waals surface area (Å²) < 4.78 is 0. The first-order chi connectivity index (χ1) is 19.8. The molecule has 0 aliphatic carbocycles. The van der Waals surface area contributed by atoms with Crippen molar-refractivity contribution in [2.24, 2.45) is 0 Å². The largest absolute Gasteiger partial charge is 0.333 e. The van der Waals surface area contributed by atoms with Gasteiger partial charge in [-0.05, 0) is 57.5 Å². The van der Waals surface area contributed by atoms with Crippen molar-refractivity contribution >= 4 is 23.2 Å². The fourth-order valence-corrected chi connectivity index (χ4v) is 6.76. The molecule has 1 aromatic heterocycles. The maximum absolute atomic E-state index is 14.2. The molecule has 0 fully saturated rings. The molecule has 212 valence electrons. The van der Waals surface area contributed by atoms with Crippen molar-refractivity contribution in [1.29, 1.82) is 0 Å². The van der Waals surface area contributed by atoms with Crippen molar-refractivity contribution in [3.8, 4) is 0 Å². The molecule has 1 atom stereocenters. The maximum Gasteiger partial charge on any atom is 0.242 e. The lowest BCUT2D eigenvalue weighted by Crippen LogP contribution is -2.48. The standard InChI is InChI=1S/C36H40N2O2S/c1-5-22-37(35(40)33(26-12-8-6-9-13-26)27-14-10-7-11-15-27)25-32(39)38-23-20-31-30(21-24-41-31)34(38)28-16-18-29(19-17-28)36(2,3)4/h6-19,21,24,33-34H,5,20,22-23,25H2,1-4H3/t34-/m0/s1. The van der Waals surface area contributed by atoms with Gasteiger partial charge in [0.25, 0.3) is 0 Å². The van der Waals surface area contributed by atoms with Crippen molar-refractivity contribution in [2.75, 3.05) is 19.6 Å². The Labute approximate surface area is 248 Å². The fraction of sp³-hybridized carbons (Fsp3) is 0.333. The van der Waals surface area contributed by atoms with E-state index in [1.807, 2.05) is 65.6 Å². The Bertz CT molecular complexity index is 1420. The number of thiophene rings is 1. The molecule has 0 bridgehead atoms. The van der Waals surface area contributed by atoms with Crippen LogP contribution in [-0.2, 0) is 21.4 Å². The van der Waals surface area contributed by atoms with Crippen LogP contribution in [0.2, 0.25) is 0 Å². The number of benzene rings is 3. The summed E-state index contributed by atoms with van der Waals surface area (Å²) >= 11 is 1.77. The quantitative estimate of drug-likeness (QED) is 0.221. The molecule has 0 radical (unpaired) electrons. The normalized spacial score (nSPS) is 15.0. The van der Waals surface area contributed by atoms with Gasteiger partial charge in [0.2, 0.25) is 11.8 Å². The second-order valence-corrected chi connectivity index (χ2v) is 12.9. The molecular weight excluding hydrogens is 524 g/mol. The minimum atomic E-state index is -0.456. The Balaban J connectivity index is 1.45. The van der Waals surface area contributed by atoms with Gasteiger partial charge >= 0.3 is 0 Å². The Hall–Kier alpha value is -3.70. The van der Waals surface area contributed by atoms with Crippen LogP contribution in [0, 0.1) is 0 Å². The third kappa shape index (κ3) is 6.31. The Morgan fingerprint density at radius 2 is 1.51 bits per heavy atom. The predicted molar refractivity (Wildman–Crippen MR) is 168 cm³/mol. The molecule has 0 N–H and O–H groups in total. The van der Waals surface area contributed by atoms with Crippen LogP contribution in [0.1, 0.15) is 78.8 Å². The summed E-state index contributed by atoms with van der Waals surface area (Å²) in [5.74, 6) is -0.493. The van der Waals surface area contributed by atoms with Gasteiger partial charge in [0.15, 0.2) is 0 Å². The minimum absolute atomic E-state index is 0.00609. The van der Waals surface area contributed by atoms with E-state index < -0.39 is 5.92 Å². The third-order valence-electron chi connectivity index (χ3n) is 8.02. The lowest BCUT2D eigenvalue weighted by molar-refractivity contribution is -0.142. The number of hydrogen-bond donors (Lipinski definition) is 0. The second kappa shape index (κ2) is 12.4. The van der Waals surface area contributed by atoms with Crippen LogP contribution in [0.4, 0.5) is 0 Å². The van der Waals surface area contributed by atoms with Crippen molar-refractivity contribution in [3.63, 3.8) is 0 Å². The van der Waals surface area contributed by atoms with E-state index >= 15 is 0 Å². The highest BCUT2D eigenvalue weighted by Gasteiger charge is 2.35. The van der Waals surface area contributed by atoms with E-state index in [-0.39, 0.29) is 29.8 Å². The first-order valence-corrected chi connectivity index (χ1v) is 15.5. The second-order valence-electron chi connectivity index (χ2n) is 11.9. The molecular formula is C36H40N2O2S. The zero-order chi connectivity index (χ0) is 29.0. The zero-order valence-corrected chi connectivity index (χ0v) is 25.4. The molecule has 0 spiro atoms. The molecule has 3 aromatic carbocycles. The predicted octanol–water partition coefficient (Wildman–Crippen LogP) is 7.59. The molecule has 1 aliphatic rings. The van der Waals surface area contributed by atoms with Crippen LogP contribution >= 0.6 is 11.3 Å². The van der Waals surface area contributed by atoms with E-state index in [4.69, 9.17) is 0 Å². The van der Waals surface area contributed by atoms with Crippen LogP contribution in [-0.4, -0.2) is 41.2 Å². The molecule has 1 aliphatic heterocycles. The summed E-state index contributed by atoms with van der Waals surface area (Å²) in [6, 6.07) is 30.6. The lowest BCUT2D eigenvalue weighted by atomic mass is 9.85. The third-order valence-corrected chi connectivity index (χ3v) is 9.02. The number of amides is 2. The summed E-state index contributed by atoms with van der Waals surface area (Å²) in [6.07, 6.45) is 1.62. The number of hydrogen-bond acceptors (Lipinski definition) is 3. The highest BCUT2D eigenvalue weighted by Crippen LogP contribution is 2.39. The molecule has 0 unspecified atom stereocenters. The van der Waals surface area contributed by atoms with Gasteiger partial charge in [-0.25, -0.2) is 0 Å². The molecule has 2 heterocycles. The number of carbonyl (C=O) groups is 2. The Kier molecular flexibility index (Phi) is 8.74. The molecule has 2 amide bonds. The minimum Gasteiger partial charge on any atom is -0.333 e. The fourth-order valence-electron chi connectivity index (χ4n) is 5.85. The molecule has 0 saturated carbocycles. The maximum atomic E-state index is 14.2. The average Bonchev–Trinajstić information content (AvgIpc) is 3.46. The van der Waals surface area contributed by atoms with E-state index in [0.29, 0.717) is 13.1 Å². The van der Waals surface area contributed by atoms with Crippen molar-refractivity contribution in [1.82, 2.24) is 9.80 Å². The molecule has 0 saturated heterocycles. The summed E-state index contributed by atoms with van der Waals surface area (Å²) in [6.45, 7) is 9.95. The van der Waals surface area contributed by atoms with Gasteiger partial charge in [0, 0.05) is 18.0 Å². The molecule has 4 aromatic rings. The van der Waals surface area contributed by atoms with Crippen molar-refractivity contribution in [2.45, 2.75) is 57.9 Å². The van der Waals surface area contributed by atoms with E-state index in [1.54, 1.807) is 16.2 Å². The van der Waals surface area contributed by atoms with Gasteiger partial charge < -0.3 is 9.80 Å². The summed E-state index contributed by atoms with van der Waals surface area (Å²) in [4.78, 5) is 33.5.